The Hall–Kier alpha value is -1.14. The van der Waals surface area contributed by atoms with Gasteiger partial charge in [0.15, 0.2) is 0 Å². The molecule has 6 heteroatoms. The summed E-state index contributed by atoms with van der Waals surface area (Å²) in [6.45, 7) is 1.73. The molecule has 0 saturated carbocycles. The van der Waals surface area contributed by atoms with Crippen LogP contribution < -0.4 is 4.31 Å². The van der Waals surface area contributed by atoms with E-state index in [1.807, 2.05) is 0 Å². The van der Waals surface area contributed by atoms with Gasteiger partial charge in [-0.2, -0.15) is 0 Å². The molecule has 0 radical (unpaired) electrons. The van der Waals surface area contributed by atoms with Crippen LogP contribution in [0.5, 0.6) is 0 Å². The molecule has 1 aliphatic rings. The highest BCUT2D eigenvalue weighted by Crippen LogP contribution is 2.32. The largest absolute Gasteiger partial charge is 0.288 e. The van der Waals surface area contributed by atoms with E-state index in [1.54, 1.807) is 37.3 Å². The fraction of sp³-hybridized carbons (Fsp3) is 0.250. The van der Waals surface area contributed by atoms with Crippen molar-refractivity contribution in [3.8, 4) is 0 Å². The Labute approximate surface area is 114 Å². The molecule has 4 nitrogen and oxygen atoms in total. The number of ketones is 1. The number of carbonyl (C=O) groups excluding carboxylic acids is 1. The molecule has 1 unspecified atom stereocenters. The monoisotopic (exact) mass is 329 g/mol. The second-order valence-electron chi connectivity index (χ2n) is 4.16. The van der Waals surface area contributed by atoms with Gasteiger partial charge in [-0.25, -0.2) is 8.42 Å². The molecule has 1 aromatic carbocycles. The summed E-state index contributed by atoms with van der Waals surface area (Å²) in [4.78, 5) is 12.1. The van der Waals surface area contributed by atoms with Gasteiger partial charge in [-0.1, -0.05) is 12.1 Å². The van der Waals surface area contributed by atoms with Gasteiger partial charge in [0.1, 0.15) is 0 Å². The van der Waals surface area contributed by atoms with E-state index in [1.165, 1.54) is 4.31 Å². The summed E-state index contributed by atoms with van der Waals surface area (Å²) in [6, 6.07) is 6.29. The molecule has 0 aromatic heterocycles. The molecule has 1 aromatic rings. The summed E-state index contributed by atoms with van der Waals surface area (Å²) in [5, 5.41) is 0. The molecule has 1 heterocycles. The molecule has 0 fully saturated rings. The maximum atomic E-state index is 12.1. The first kappa shape index (κ1) is 13.3. The first-order valence-electron chi connectivity index (χ1n) is 5.33. The van der Waals surface area contributed by atoms with Crippen molar-refractivity contribution < 1.29 is 13.2 Å². The van der Waals surface area contributed by atoms with Gasteiger partial charge in [0.2, 0.25) is 15.8 Å². The third kappa shape index (κ3) is 2.22. The van der Waals surface area contributed by atoms with Crippen molar-refractivity contribution >= 4 is 37.4 Å². The molecule has 0 spiro atoms. The highest BCUT2D eigenvalue weighted by Gasteiger charge is 2.30. The zero-order chi connectivity index (χ0) is 13.5. The summed E-state index contributed by atoms with van der Waals surface area (Å²) >= 11 is 3.20. The van der Waals surface area contributed by atoms with E-state index in [2.05, 4.69) is 15.9 Å². The summed E-state index contributed by atoms with van der Waals surface area (Å²) in [5.41, 5.74) is 0.804. The lowest BCUT2D eigenvalue weighted by Crippen LogP contribution is -2.36. The predicted octanol–water partition coefficient (Wildman–Crippen LogP) is 2.32. The van der Waals surface area contributed by atoms with E-state index in [-0.39, 0.29) is 5.78 Å². The van der Waals surface area contributed by atoms with Gasteiger partial charge in [-0.3, -0.25) is 9.10 Å². The van der Waals surface area contributed by atoms with Crippen LogP contribution in [-0.4, -0.2) is 26.5 Å². The molecule has 18 heavy (non-hydrogen) atoms. The Bertz CT molecular complexity index is 636. The lowest BCUT2D eigenvalue weighted by Gasteiger charge is -2.26. The minimum atomic E-state index is -3.44. The fourth-order valence-corrected chi connectivity index (χ4v) is 3.82. The van der Waals surface area contributed by atoms with Gasteiger partial charge < -0.3 is 0 Å². The number of halogens is 1. The van der Waals surface area contributed by atoms with E-state index >= 15 is 0 Å². The molecule has 0 bridgehead atoms. The summed E-state index contributed by atoms with van der Waals surface area (Å²) < 4.78 is 25.4. The SMILES string of the molecule is CC1C=C(Br)C(=O)c2ccccc2N1S(C)(=O)=O. The molecule has 0 N–H and O–H groups in total. The number of rotatable bonds is 1. The van der Waals surface area contributed by atoms with Crippen molar-refractivity contribution in [2.24, 2.45) is 0 Å². The molecular weight excluding hydrogens is 318 g/mol. The quantitative estimate of drug-likeness (QED) is 0.794. The molecule has 0 aliphatic carbocycles. The van der Waals surface area contributed by atoms with Crippen LogP contribution in [-0.2, 0) is 10.0 Å². The van der Waals surface area contributed by atoms with E-state index in [9.17, 15) is 13.2 Å². The van der Waals surface area contributed by atoms with Gasteiger partial charge in [0.25, 0.3) is 0 Å². The predicted molar refractivity (Wildman–Crippen MR) is 74.6 cm³/mol. The maximum absolute atomic E-state index is 12.1. The van der Waals surface area contributed by atoms with Crippen LogP contribution in [0.3, 0.4) is 0 Å². The average molecular weight is 330 g/mol. The number of allylic oxidation sites excluding steroid dienone is 1. The molecular formula is C12H12BrNO3S. The lowest BCUT2D eigenvalue weighted by atomic mass is 10.1. The Morgan fingerprint density at radius 1 is 1.28 bits per heavy atom. The van der Waals surface area contributed by atoms with Gasteiger partial charge in [-0.05, 0) is 41.1 Å². The zero-order valence-corrected chi connectivity index (χ0v) is 12.3. The van der Waals surface area contributed by atoms with Gasteiger partial charge >= 0.3 is 0 Å². The molecule has 2 rings (SSSR count). The van der Waals surface area contributed by atoms with Gasteiger partial charge in [0, 0.05) is 5.56 Å². The van der Waals surface area contributed by atoms with Crippen LogP contribution in [0.1, 0.15) is 17.3 Å². The number of carbonyl (C=O) groups is 1. The summed E-state index contributed by atoms with van der Waals surface area (Å²) in [7, 11) is -3.44. The van der Waals surface area contributed by atoms with Crippen molar-refractivity contribution in [1.82, 2.24) is 0 Å². The fourth-order valence-electron chi connectivity index (χ4n) is 2.04. The first-order chi connectivity index (χ1) is 8.32. The third-order valence-electron chi connectivity index (χ3n) is 2.72. The number of fused-ring (bicyclic) bond motifs is 1. The second-order valence-corrected chi connectivity index (χ2v) is 6.87. The molecule has 0 amide bonds. The average Bonchev–Trinajstić information content (AvgIpc) is 2.35. The Balaban J connectivity index is 2.76. The Morgan fingerprint density at radius 2 is 1.89 bits per heavy atom. The lowest BCUT2D eigenvalue weighted by molar-refractivity contribution is 0.104. The van der Waals surface area contributed by atoms with Crippen LogP contribution in [0.25, 0.3) is 0 Å². The highest BCUT2D eigenvalue weighted by molar-refractivity contribution is 9.12. The van der Waals surface area contributed by atoms with Crippen molar-refractivity contribution in [2.45, 2.75) is 13.0 Å². The third-order valence-corrected chi connectivity index (χ3v) is 4.59. The van der Waals surface area contributed by atoms with Crippen molar-refractivity contribution in [1.29, 1.82) is 0 Å². The van der Waals surface area contributed by atoms with Crippen molar-refractivity contribution in [3.63, 3.8) is 0 Å². The van der Waals surface area contributed by atoms with Crippen molar-refractivity contribution in [2.75, 3.05) is 10.6 Å². The van der Waals surface area contributed by atoms with Crippen molar-refractivity contribution in [3.05, 3.63) is 40.4 Å². The Morgan fingerprint density at radius 3 is 2.50 bits per heavy atom. The molecule has 96 valence electrons. The number of sulfonamides is 1. The maximum Gasteiger partial charge on any atom is 0.232 e. The molecule has 1 atom stereocenters. The normalized spacial score (nSPS) is 20.2. The van der Waals surface area contributed by atoms with E-state index in [0.717, 1.165) is 6.26 Å². The van der Waals surface area contributed by atoms with E-state index in [4.69, 9.17) is 0 Å². The molecule has 1 aliphatic heterocycles. The van der Waals surface area contributed by atoms with E-state index in [0.29, 0.717) is 15.7 Å². The van der Waals surface area contributed by atoms with Crippen LogP contribution >= 0.6 is 15.9 Å². The number of Topliss-reactive ketones (excluding diaryl/α,β-unsaturated/α-hetero) is 1. The number of benzene rings is 1. The standard InChI is InChI=1S/C12H12BrNO3S/c1-8-7-10(13)12(15)9-5-3-4-6-11(9)14(8)18(2,16)17/h3-8H,1-2H3. The summed E-state index contributed by atoms with van der Waals surface area (Å²) in [5.74, 6) is -0.205. The van der Waals surface area contributed by atoms with Crippen LogP contribution in [0.2, 0.25) is 0 Å². The van der Waals surface area contributed by atoms with Crippen LogP contribution in [0.15, 0.2) is 34.8 Å². The summed E-state index contributed by atoms with van der Waals surface area (Å²) in [6.07, 6.45) is 2.74. The topological polar surface area (TPSA) is 54.5 Å². The van der Waals surface area contributed by atoms with Gasteiger partial charge in [-0.15, -0.1) is 0 Å². The minimum absolute atomic E-state index is 0.205. The number of hydrogen-bond donors (Lipinski definition) is 0. The zero-order valence-electron chi connectivity index (χ0n) is 9.92. The smallest absolute Gasteiger partial charge is 0.232 e. The molecule has 0 saturated heterocycles. The van der Waals surface area contributed by atoms with Gasteiger partial charge in [0.05, 0.1) is 22.5 Å². The number of nitrogens with zero attached hydrogens (tertiary/aromatic N) is 1. The highest BCUT2D eigenvalue weighted by atomic mass is 79.9. The minimum Gasteiger partial charge on any atom is -0.288 e. The first-order valence-corrected chi connectivity index (χ1v) is 7.97. The van der Waals surface area contributed by atoms with E-state index < -0.39 is 16.1 Å². The number of para-hydroxylation sites is 1. The van der Waals surface area contributed by atoms with Crippen LogP contribution in [0, 0.1) is 0 Å². The van der Waals surface area contributed by atoms with Crippen LogP contribution in [0.4, 0.5) is 5.69 Å². The second kappa shape index (κ2) is 4.51. The number of hydrogen-bond acceptors (Lipinski definition) is 3. The number of anilines is 1. The Kier molecular flexibility index (Phi) is 3.33.